The van der Waals surface area contributed by atoms with E-state index in [1.807, 2.05) is 0 Å². The molecule has 0 spiro atoms. The molecule has 0 bridgehead atoms. The van der Waals surface area contributed by atoms with Gasteiger partial charge in [0.25, 0.3) is 5.91 Å². The van der Waals surface area contributed by atoms with E-state index in [-0.39, 0.29) is 5.70 Å². The molecule has 2 aromatic rings. The number of carbonyl (C=O) groups excluding carboxylic acids is 3. The van der Waals surface area contributed by atoms with Crippen LogP contribution in [0.5, 0.6) is 0 Å². The van der Waals surface area contributed by atoms with Crippen molar-refractivity contribution in [1.29, 1.82) is 0 Å². The van der Waals surface area contributed by atoms with Crippen molar-refractivity contribution in [3.05, 3.63) is 51.8 Å². The third-order valence-electron chi connectivity index (χ3n) is 3.61. The number of benzene rings is 1. The largest absolute Gasteiger partial charge is 0.468 e. The summed E-state index contributed by atoms with van der Waals surface area (Å²) in [7, 11) is 1.17. The van der Waals surface area contributed by atoms with Gasteiger partial charge in [-0.2, -0.15) is 0 Å². The SMILES string of the molecule is COC(=O)CN1C(=O)NC(=Cc2ccc(-c3cccc(Cl)c3Cl)o2)C1=O. The number of nitrogens with zero attached hydrogens (tertiary/aromatic N) is 1. The van der Waals surface area contributed by atoms with Gasteiger partial charge in [-0.25, -0.2) is 9.69 Å². The van der Waals surface area contributed by atoms with E-state index >= 15 is 0 Å². The molecule has 0 radical (unpaired) electrons. The van der Waals surface area contributed by atoms with Crippen LogP contribution in [-0.2, 0) is 14.3 Å². The molecule has 1 aromatic carbocycles. The summed E-state index contributed by atoms with van der Waals surface area (Å²) in [6.07, 6.45) is 1.36. The minimum Gasteiger partial charge on any atom is -0.468 e. The molecule has 0 atom stereocenters. The van der Waals surface area contributed by atoms with E-state index in [0.717, 1.165) is 4.90 Å². The second-order valence-corrected chi connectivity index (χ2v) is 6.04. The monoisotopic (exact) mass is 394 g/mol. The summed E-state index contributed by atoms with van der Waals surface area (Å²) >= 11 is 12.2. The van der Waals surface area contributed by atoms with Gasteiger partial charge in [-0.1, -0.05) is 29.3 Å². The summed E-state index contributed by atoms with van der Waals surface area (Å²) in [5, 5.41) is 3.12. The number of nitrogens with one attached hydrogen (secondary N) is 1. The minimum absolute atomic E-state index is 0.0167. The zero-order valence-corrected chi connectivity index (χ0v) is 14.9. The Morgan fingerprint density at radius 3 is 2.77 bits per heavy atom. The number of halogens is 2. The van der Waals surface area contributed by atoms with Gasteiger partial charge in [0.05, 0.1) is 17.2 Å². The van der Waals surface area contributed by atoms with Crippen molar-refractivity contribution in [2.75, 3.05) is 13.7 Å². The first-order valence-electron chi connectivity index (χ1n) is 7.36. The van der Waals surface area contributed by atoms with Crippen molar-refractivity contribution in [1.82, 2.24) is 10.2 Å². The number of amides is 3. The van der Waals surface area contributed by atoms with Gasteiger partial charge < -0.3 is 14.5 Å². The van der Waals surface area contributed by atoms with E-state index in [4.69, 9.17) is 27.6 Å². The van der Waals surface area contributed by atoms with Crippen molar-refractivity contribution < 1.29 is 23.5 Å². The maximum Gasteiger partial charge on any atom is 0.329 e. The van der Waals surface area contributed by atoms with E-state index < -0.39 is 24.5 Å². The predicted octanol–water partition coefficient (Wildman–Crippen LogP) is 3.32. The molecule has 26 heavy (non-hydrogen) atoms. The van der Waals surface area contributed by atoms with E-state index in [9.17, 15) is 14.4 Å². The summed E-state index contributed by atoms with van der Waals surface area (Å²) < 4.78 is 10.1. The van der Waals surface area contributed by atoms with E-state index in [0.29, 0.717) is 27.1 Å². The standard InChI is InChI=1S/C17H12Cl2N2O5/c1-25-14(22)8-21-16(23)12(20-17(21)24)7-9-5-6-13(26-9)10-3-2-4-11(18)15(10)19/h2-7H,8H2,1H3,(H,20,24). The lowest BCUT2D eigenvalue weighted by molar-refractivity contribution is -0.143. The summed E-state index contributed by atoms with van der Waals surface area (Å²) in [6, 6.07) is 7.69. The molecule has 1 fully saturated rings. The average Bonchev–Trinajstić information content (AvgIpc) is 3.17. The number of methoxy groups -OCH3 is 1. The van der Waals surface area contributed by atoms with Crippen LogP contribution in [0.3, 0.4) is 0 Å². The zero-order valence-electron chi connectivity index (χ0n) is 13.4. The Hall–Kier alpha value is -2.77. The third-order valence-corrected chi connectivity index (χ3v) is 4.43. The maximum atomic E-state index is 12.2. The molecule has 1 aliphatic rings. The fourth-order valence-corrected chi connectivity index (χ4v) is 2.71. The minimum atomic E-state index is -0.712. The number of hydrogen-bond acceptors (Lipinski definition) is 5. The number of rotatable bonds is 4. The van der Waals surface area contributed by atoms with Crippen molar-refractivity contribution in [2.24, 2.45) is 0 Å². The lowest BCUT2D eigenvalue weighted by Gasteiger charge is -2.08. The third kappa shape index (κ3) is 3.44. The van der Waals surface area contributed by atoms with Crippen molar-refractivity contribution in [3.63, 3.8) is 0 Å². The van der Waals surface area contributed by atoms with Crippen molar-refractivity contribution in [2.45, 2.75) is 0 Å². The van der Waals surface area contributed by atoms with Crippen LogP contribution >= 0.6 is 23.2 Å². The van der Waals surface area contributed by atoms with Gasteiger partial charge in [0.2, 0.25) is 0 Å². The van der Waals surface area contributed by atoms with Gasteiger partial charge in [-0.3, -0.25) is 9.59 Å². The molecule has 1 N–H and O–H groups in total. The molecule has 2 heterocycles. The Morgan fingerprint density at radius 1 is 1.27 bits per heavy atom. The number of esters is 1. The first-order chi connectivity index (χ1) is 12.4. The van der Waals surface area contributed by atoms with Crippen LogP contribution < -0.4 is 5.32 Å². The fraction of sp³-hybridized carbons (Fsp3) is 0.118. The Bertz CT molecular complexity index is 935. The Labute approximate surface area is 158 Å². The Kier molecular flexibility index (Phi) is 5.01. The van der Waals surface area contributed by atoms with Gasteiger partial charge in [-0.15, -0.1) is 0 Å². The van der Waals surface area contributed by atoms with Crippen molar-refractivity contribution >= 4 is 47.2 Å². The predicted molar refractivity (Wildman–Crippen MR) is 94.4 cm³/mol. The molecule has 3 amide bonds. The molecule has 1 aliphatic heterocycles. The van der Waals surface area contributed by atoms with Crippen LogP contribution in [0.25, 0.3) is 17.4 Å². The number of carbonyl (C=O) groups is 3. The molecular weight excluding hydrogens is 383 g/mol. The zero-order chi connectivity index (χ0) is 18.8. The normalized spacial score (nSPS) is 15.5. The topological polar surface area (TPSA) is 88.8 Å². The molecule has 0 unspecified atom stereocenters. The molecule has 7 nitrogen and oxygen atoms in total. The van der Waals surface area contributed by atoms with Gasteiger partial charge in [0.15, 0.2) is 0 Å². The van der Waals surface area contributed by atoms with Gasteiger partial charge in [0, 0.05) is 11.6 Å². The number of imide groups is 1. The van der Waals surface area contributed by atoms with E-state index in [2.05, 4.69) is 10.1 Å². The molecule has 9 heteroatoms. The van der Waals surface area contributed by atoms with Crippen molar-refractivity contribution in [3.8, 4) is 11.3 Å². The van der Waals surface area contributed by atoms with Crippen LogP contribution in [0.15, 0.2) is 40.4 Å². The van der Waals surface area contributed by atoms with Gasteiger partial charge in [0.1, 0.15) is 23.8 Å². The quantitative estimate of drug-likeness (QED) is 0.488. The lowest BCUT2D eigenvalue weighted by Crippen LogP contribution is -2.36. The fourth-order valence-electron chi connectivity index (χ4n) is 2.32. The summed E-state index contributed by atoms with van der Waals surface area (Å²) in [4.78, 5) is 36.1. The van der Waals surface area contributed by atoms with Crippen LogP contribution in [0.4, 0.5) is 4.79 Å². The number of hydrogen-bond donors (Lipinski definition) is 1. The molecule has 3 rings (SSSR count). The van der Waals surface area contributed by atoms with Crippen LogP contribution in [0.1, 0.15) is 5.76 Å². The molecule has 0 aliphatic carbocycles. The highest BCUT2D eigenvalue weighted by Gasteiger charge is 2.35. The highest BCUT2D eigenvalue weighted by atomic mass is 35.5. The van der Waals surface area contributed by atoms with Crippen LogP contribution in [0.2, 0.25) is 10.0 Å². The van der Waals surface area contributed by atoms with E-state index in [1.54, 1.807) is 30.3 Å². The van der Waals surface area contributed by atoms with Gasteiger partial charge in [-0.05, 0) is 24.3 Å². The second kappa shape index (κ2) is 7.23. The first-order valence-corrected chi connectivity index (χ1v) is 8.12. The summed E-state index contributed by atoms with van der Waals surface area (Å²) in [5.74, 6) is -0.586. The molecule has 134 valence electrons. The van der Waals surface area contributed by atoms with E-state index in [1.165, 1.54) is 13.2 Å². The first kappa shape index (κ1) is 18.0. The number of ether oxygens (including phenoxy) is 1. The average molecular weight is 395 g/mol. The molecule has 1 saturated heterocycles. The second-order valence-electron chi connectivity index (χ2n) is 5.26. The van der Waals surface area contributed by atoms with Gasteiger partial charge >= 0.3 is 12.0 Å². The molecule has 0 saturated carbocycles. The maximum absolute atomic E-state index is 12.2. The number of urea groups is 1. The molecule has 1 aromatic heterocycles. The number of furan rings is 1. The smallest absolute Gasteiger partial charge is 0.329 e. The van der Waals surface area contributed by atoms with Crippen LogP contribution in [-0.4, -0.2) is 36.5 Å². The Morgan fingerprint density at radius 2 is 2.04 bits per heavy atom. The highest BCUT2D eigenvalue weighted by molar-refractivity contribution is 6.43. The summed E-state index contributed by atoms with van der Waals surface area (Å²) in [6.45, 7) is -0.472. The molecular formula is C17H12Cl2N2O5. The highest BCUT2D eigenvalue weighted by Crippen LogP contribution is 2.34. The van der Waals surface area contributed by atoms with Crippen LogP contribution in [0, 0.1) is 0 Å². The Balaban J connectivity index is 1.84. The summed E-state index contributed by atoms with van der Waals surface area (Å²) in [5.41, 5.74) is 0.579. The lowest BCUT2D eigenvalue weighted by atomic mass is 10.2.